The molecule has 1 amide bonds. The molecule has 21 heavy (non-hydrogen) atoms. The molecule has 0 radical (unpaired) electrons. The van der Waals surface area contributed by atoms with E-state index in [-0.39, 0.29) is 16.0 Å². The van der Waals surface area contributed by atoms with Crippen LogP contribution in [0.15, 0.2) is 24.5 Å². The summed E-state index contributed by atoms with van der Waals surface area (Å²) in [5, 5.41) is 19.7. The van der Waals surface area contributed by atoms with Crippen LogP contribution in [0.4, 0.5) is 0 Å². The minimum absolute atomic E-state index is 0.242. The average molecular weight is 368 g/mol. The number of aliphatic hydroxyl groups is 1. The first kappa shape index (κ1) is 14.8. The second kappa shape index (κ2) is 4.70. The SMILES string of the molecule is CC1(C)S[C@H]2N(C(=O)[C@]2(Br)C(O)c2cccnc2)[C@H]1C#N. The second-order valence-corrected chi connectivity index (χ2v) is 8.82. The highest BCUT2D eigenvalue weighted by molar-refractivity contribution is 9.10. The Balaban J connectivity index is 1.95. The molecule has 1 unspecified atom stereocenters. The van der Waals surface area contributed by atoms with Crippen molar-refractivity contribution in [3.05, 3.63) is 30.1 Å². The van der Waals surface area contributed by atoms with Gasteiger partial charge in [0.05, 0.1) is 6.07 Å². The minimum Gasteiger partial charge on any atom is -0.386 e. The number of amides is 1. The predicted octanol–water partition coefficient (Wildman–Crippen LogP) is 1.83. The Hall–Kier alpha value is -1.10. The molecular weight excluding hydrogens is 354 g/mol. The maximum absolute atomic E-state index is 12.6. The Kier molecular flexibility index (Phi) is 3.32. The molecule has 2 aliphatic heterocycles. The van der Waals surface area contributed by atoms with E-state index in [0.717, 1.165) is 0 Å². The molecule has 4 atom stereocenters. The van der Waals surface area contributed by atoms with Crippen molar-refractivity contribution in [3.8, 4) is 6.07 Å². The molecule has 7 heteroatoms. The molecule has 1 aromatic rings. The van der Waals surface area contributed by atoms with Gasteiger partial charge < -0.3 is 10.0 Å². The van der Waals surface area contributed by atoms with Gasteiger partial charge in [0.1, 0.15) is 17.5 Å². The van der Waals surface area contributed by atoms with Gasteiger partial charge in [-0.1, -0.05) is 22.0 Å². The van der Waals surface area contributed by atoms with Crippen LogP contribution in [0.3, 0.4) is 0 Å². The predicted molar refractivity (Wildman–Crippen MR) is 82.6 cm³/mol. The van der Waals surface area contributed by atoms with Crippen LogP contribution in [0.25, 0.3) is 0 Å². The van der Waals surface area contributed by atoms with Crippen LogP contribution in [0.1, 0.15) is 25.5 Å². The maximum Gasteiger partial charge on any atom is 0.247 e. The summed E-state index contributed by atoms with van der Waals surface area (Å²) in [4.78, 5) is 18.1. The number of nitriles is 1. The lowest BCUT2D eigenvalue weighted by Crippen LogP contribution is -2.71. The summed E-state index contributed by atoms with van der Waals surface area (Å²) in [5.74, 6) is -0.242. The number of nitrogens with zero attached hydrogens (tertiary/aromatic N) is 3. The number of pyridine rings is 1. The molecule has 0 bridgehead atoms. The zero-order valence-corrected chi connectivity index (χ0v) is 13.9. The van der Waals surface area contributed by atoms with Crippen molar-refractivity contribution in [2.45, 2.75) is 40.4 Å². The number of aromatic nitrogens is 1. The second-order valence-electron chi connectivity index (χ2n) is 5.77. The van der Waals surface area contributed by atoms with Crippen LogP contribution in [0.5, 0.6) is 0 Å². The molecular formula is C14H14BrN3O2S. The first-order chi connectivity index (χ1) is 9.84. The third-order valence-electron chi connectivity index (χ3n) is 4.05. The number of carbonyl (C=O) groups excluding carboxylic acids is 1. The number of halogens is 1. The summed E-state index contributed by atoms with van der Waals surface area (Å²) < 4.78 is -1.46. The van der Waals surface area contributed by atoms with E-state index in [9.17, 15) is 15.2 Å². The van der Waals surface area contributed by atoms with Crippen molar-refractivity contribution in [2.24, 2.45) is 0 Å². The molecule has 0 saturated carbocycles. The van der Waals surface area contributed by atoms with Crippen LogP contribution in [0, 0.1) is 11.3 Å². The van der Waals surface area contributed by atoms with Crippen molar-refractivity contribution in [1.29, 1.82) is 5.26 Å². The largest absolute Gasteiger partial charge is 0.386 e. The van der Waals surface area contributed by atoms with Gasteiger partial charge in [-0.15, -0.1) is 11.8 Å². The van der Waals surface area contributed by atoms with Gasteiger partial charge in [0.2, 0.25) is 5.91 Å². The third kappa shape index (κ3) is 1.86. The van der Waals surface area contributed by atoms with E-state index in [1.807, 2.05) is 13.8 Å². The maximum atomic E-state index is 12.6. The van der Waals surface area contributed by atoms with Crippen LogP contribution in [0.2, 0.25) is 0 Å². The normalized spacial score (nSPS) is 34.8. The highest BCUT2D eigenvalue weighted by atomic mass is 79.9. The number of rotatable bonds is 2. The fraction of sp³-hybridized carbons (Fsp3) is 0.500. The highest BCUT2D eigenvalue weighted by Crippen LogP contribution is 2.61. The molecule has 2 aliphatic rings. The van der Waals surface area contributed by atoms with Gasteiger partial charge in [-0.25, -0.2) is 0 Å². The summed E-state index contributed by atoms with van der Waals surface area (Å²) in [5.41, 5.74) is 0.584. The van der Waals surface area contributed by atoms with E-state index in [4.69, 9.17) is 0 Å². The monoisotopic (exact) mass is 367 g/mol. The van der Waals surface area contributed by atoms with E-state index in [1.165, 1.54) is 11.8 Å². The van der Waals surface area contributed by atoms with E-state index >= 15 is 0 Å². The lowest BCUT2D eigenvalue weighted by atomic mass is 9.85. The number of alkyl halides is 1. The van der Waals surface area contributed by atoms with E-state index in [0.29, 0.717) is 5.56 Å². The number of thioether (sulfide) groups is 1. The van der Waals surface area contributed by atoms with E-state index in [2.05, 4.69) is 27.0 Å². The summed E-state index contributed by atoms with van der Waals surface area (Å²) in [7, 11) is 0. The first-order valence-corrected chi connectivity index (χ1v) is 8.18. The Labute approximate surface area is 135 Å². The Morgan fingerprint density at radius 1 is 1.62 bits per heavy atom. The average Bonchev–Trinajstić information content (AvgIpc) is 2.75. The minimum atomic E-state index is -1.09. The first-order valence-electron chi connectivity index (χ1n) is 6.51. The molecule has 0 aromatic carbocycles. The summed E-state index contributed by atoms with van der Waals surface area (Å²) in [6, 6.07) is 5.18. The van der Waals surface area contributed by atoms with Crippen LogP contribution in [-0.4, -0.2) is 41.4 Å². The van der Waals surface area contributed by atoms with Gasteiger partial charge in [-0.05, 0) is 19.9 Å². The van der Waals surface area contributed by atoms with Crippen molar-refractivity contribution in [3.63, 3.8) is 0 Å². The van der Waals surface area contributed by atoms with Gasteiger partial charge in [0.15, 0.2) is 4.32 Å². The Morgan fingerprint density at radius 2 is 2.33 bits per heavy atom. The quantitative estimate of drug-likeness (QED) is 0.637. The molecule has 1 aromatic heterocycles. The molecule has 2 fully saturated rings. The van der Waals surface area contributed by atoms with Gasteiger partial charge in [-0.2, -0.15) is 5.26 Å². The lowest BCUT2D eigenvalue weighted by Gasteiger charge is -2.51. The van der Waals surface area contributed by atoms with Crippen LogP contribution in [-0.2, 0) is 4.79 Å². The molecule has 0 spiro atoms. The molecule has 0 aliphatic carbocycles. The Morgan fingerprint density at radius 3 is 2.90 bits per heavy atom. The number of hydrogen-bond acceptors (Lipinski definition) is 5. The third-order valence-corrected chi connectivity index (χ3v) is 7.21. The number of fused-ring (bicyclic) bond motifs is 1. The number of β-lactam (4-membered cyclic amide) rings is 1. The zero-order chi connectivity index (χ0) is 15.4. The summed E-state index contributed by atoms with van der Waals surface area (Å²) in [6.45, 7) is 3.89. The van der Waals surface area contributed by atoms with Gasteiger partial charge in [0.25, 0.3) is 0 Å². The Bertz CT molecular complexity index is 633. The van der Waals surface area contributed by atoms with Gasteiger partial charge >= 0.3 is 0 Å². The van der Waals surface area contributed by atoms with Gasteiger partial charge in [-0.3, -0.25) is 9.78 Å². The molecule has 3 rings (SSSR count). The molecule has 1 N–H and O–H groups in total. The number of hydrogen-bond donors (Lipinski definition) is 1. The van der Waals surface area contributed by atoms with E-state index < -0.39 is 16.5 Å². The van der Waals surface area contributed by atoms with Crippen molar-refractivity contribution >= 4 is 33.6 Å². The van der Waals surface area contributed by atoms with Crippen molar-refractivity contribution < 1.29 is 9.90 Å². The molecule has 3 heterocycles. The van der Waals surface area contributed by atoms with Crippen LogP contribution >= 0.6 is 27.7 Å². The molecule has 2 saturated heterocycles. The summed E-state index contributed by atoms with van der Waals surface area (Å²) >= 11 is 4.99. The van der Waals surface area contributed by atoms with Crippen molar-refractivity contribution in [2.75, 3.05) is 0 Å². The standard InChI is InChI=1S/C14H14BrN3O2S/c1-13(2)9(6-16)18-11(20)14(15,12(18)21-13)10(19)8-4-3-5-17-7-8/h3-5,7,9-10,12,19H,1-2H3/t9-,10?,12+,14+/m0/s1. The van der Waals surface area contributed by atoms with Crippen molar-refractivity contribution in [1.82, 2.24) is 9.88 Å². The zero-order valence-electron chi connectivity index (χ0n) is 11.5. The van der Waals surface area contributed by atoms with Crippen LogP contribution < -0.4 is 0 Å². The fourth-order valence-corrected chi connectivity index (χ4v) is 5.45. The lowest BCUT2D eigenvalue weighted by molar-refractivity contribution is -0.153. The smallest absolute Gasteiger partial charge is 0.247 e. The van der Waals surface area contributed by atoms with E-state index in [1.54, 1.807) is 29.4 Å². The van der Waals surface area contributed by atoms with Gasteiger partial charge in [0, 0.05) is 22.7 Å². The molecule has 5 nitrogen and oxygen atoms in total. The number of carbonyl (C=O) groups is 1. The summed E-state index contributed by atoms with van der Waals surface area (Å²) in [6.07, 6.45) is 2.17. The highest BCUT2D eigenvalue weighted by Gasteiger charge is 2.71. The topological polar surface area (TPSA) is 77.2 Å². The molecule has 110 valence electrons. The number of aliphatic hydroxyl groups excluding tert-OH is 1. The fourth-order valence-electron chi connectivity index (χ4n) is 2.88.